The summed E-state index contributed by atoms with van der Waals surface area (Å²) in [5.74, 6) is 0. The van der Waals surface area contributed by atoms with Crippen LogP contribution in [0.15, 0.2) is 152 Å². The molecule has 1 heteroatoms. The molecule has 8 aromatic carbocycles. The van der Waals surface area contributed by atoms with Gasteiger partial charge in [-0.25, -0.2) is 0 Å². The van der Waals surface area contributed by atoms with Gasteiger partial charge in [0, 0.05) is 11.4 Å². The van der Waals surface area contributed by atoms with Crippen molar-refractivity contribution in [1.29, 1.82) is 0 Å². The fourth-order valence-corrected chi connectivity index (χ4v) is 7.72. The lowest BCUT2D eigenvalue weighted by Crippen LogP contribution is -2.19. The molecule has 0 unspecified atom stereocenters. The maximum atomic E-state index is 2.46. The van der Waals surface area contributed by atoms with Crippen molar-refractivity contribution in [2.24, 2.45) is 0 Å². The summed E-state index contributed by atoms with van der Waals surface area (Å²) in [4.78, 5) is 2.46. The van der Waals surface area contributed by atoms with Crippen LogP contribution in [0.25, 0.3) is 65.7 Å². The van der Waals surface area contributed by atoms with Gasteiger partial charge in [0.25, 0.3) is 0 Å². The van der Waals surface area contributed by atoms with Crippen molar-refractivity contribution in [2.75, 3.05) is 4.90 Å². The Labute approximate surface area is 282 Å². The van der Waals surface area contributed by atoms with Gasteiger partial charge >= 0.3 is 0 Å². The zero-order valence-electron chi connectivity index (χ0n) is 27.9. The monoisotopic (exact) mass is 615 g/mol. The summed E-state index contributed by atoms with van der Waals surface area (Å²) in [7, 11) is 0. The highest BCUT2D eigenvalue weighted by Crippen LogP contribution is 2.51. The maximum Gasteiger partial charge on any atom is 0.0505 e. The predicted molar refractivity (Wildman–Crippen MR) is 207 cm³/mol. The number of rotatable bonds is 4. The van der Waals surface area contributed by atoms with Crippen molar-refractivity contribution in [2.45, 2.75) is 33.1 Å². The second-order valence-corrected chi connectivity index (χ2v) is 14.4. The van der Waals surface area contributed by atoms with Crippen LogP contribution < -0.4 is 4.90 Å². The molecule has 0 radical (unpaired) electrons. The summed E-state index contributed by atoms with van der Waals surface area (Å²) in [6.07, 6.45) is 0. The average molecular weight is 616 g/mol. The molecule has 0 amide bonds. The van der Waals surface area contributed by atoms with E-state index in [-0.39, 0.29) is 5.41 Å². The lowest BCUT2D eigenvalue weighted by molar-refractivity contribution is 0.596. The van der Waals surface area contributed by atoms with Crippen LogP contribution in [0.5, 0.6) is 0 Å². The van der Waals surface area contributed by atoms with Crippen LogP contribution in [0, 0.1) is 6.92 Å². The quantitative estimate of drug-likeness (QED) is 0.190. The van der Waals surface area contributed by atoms with Crippen LogP contribution in [0.2, 0.25) is 0 Å². The number of nitrogens with zero attached hydrogens (tertiary/aromatic N) is 1. The topological polar surface area (TPSA) is 3.24 Å². The van der Waals surface area contributed by atoms with Crippen molar-refractivity contribution in [3.63, 3.8) is 0 Å². The molecule has 0 aliphatic heterocycles. The van der Waals surface area contributed by atoms with E-state index in [1.807, 2.05) is 0 Å². The maximum absolute atomic E-state index is 2.46. The van der Waals surface area contributed by atoms with Gasteiger partial charge in [-0.05, 0) is 144 Å². The van der Waals surface area contributed by atoms with Crippen molar-refractivity contribution < 1.29 is 0 Å². The molecule has 0 fully saturated rings. The van der Waals surface area contributed by atoms with Gasteiger partial charge in [-0.2, -0.15) is 0 Å². The molecule has 0 aromatic heterocycles. The van der Waals surface area contributed by atoms with Crippen LogP contribution in [0.1, 0.15) is 31.9 Å². The van der Waals surface area contributed by atoms with Crippen LogP contribution in [-0.4, -0.2) is 0 Å². The molecular formula is C47H37N. The third kappa shape index (κ3) is 4.61. The first-order valence-corrected chi connectivity index (χ1v) is 16.9. The largest absolute Gasteiger partial charge is 0.310 e. The molecule has 0 saturated heterocycles. The molecule has 1 nitrogen and oxygen atoms in total. The zero-order valence-corrected chi connectivity index (χ0v) is 27.9. The lowest BCUT2D eigenvalue weighted by atomic mass is 9.77. The van der Waals surface area contributed by atoms with E-state index < -0.39 is 0 Å². The Morgan fingerprint density at radius 3 is 1.67 bits per heavy atom. The van der Waals surface area contributed by atoms with Gasteiger partial charge in [-0.3, -0.25) is 0 Å². The molecule has 0 bridgehead atoms. The van der Waals surface area contributed by atoms with Crippen molar-refractivity contribution in [3.8, 4) is 33.4 Å². The molecule has 0 saturated carbocycles. The summed E-state index contributed by atoms with van der Waals surface area (Å²) in [5, 5.41) is 7.67. The van der Waals surface area contributed by atoms with Crippen LogP contribution in [0.4, 0.5) is 17.1 Å². The summed E-state index contributed by atoms with van der Waals surface area (Å²) in [6.45, 7) is 9.14. The first-order valence-electron chi connectivity index (χ1n) is 16.9. The van der Waals surface area contributed by atoms with Gasteiger partial charge in [0.1, 0.15) is 0 Å². The summed E-state index contributed by atoms with van der Waals surface area (Å²) in [6, 6.07) is 56.3. The van der Waals surface area contributed by atoms with Crippen molar-refractivity contribution in [1.82, 2.24) is 0 Å². The lowest BCUT2D eigenvalue weighted by Gasteiger charge is -2.33. The van der Waals surface area contributed by atoms with Gasteiger partial charge in [-0.1, -0.05) is 117 Å². The van der Waals surface area contributed by atoms with Gasteiger partial charge in [0.15, 0.2) is 0 Å². The number of hydrogen-bond acceptors (Lipinski definition) is 1. The third-order valence-electron chi connectivity index (χ3n) is 10.1. The molecule has 0 spiro atoms. The standard InChI is InChI=1S/C47H37N/c1-30-14-20-38(21-15-30)48(45-23-19-32-12-8-9-13-40(32)46(45)47(2,3)4)39-22-18-35-27-42-41-26-34-17-16-33(31-10-6-5-7-11-31)24-36(34)28-43(41)44(42)29-37(35)25-39/h5-29H,1-4H3. The van der Waals surface area contributed by atoms with E-state index in [1.54, 1.807) is 0 Å². The summed E-state index contributed by atoms with van der Waals surface area (Å²) >= 11 is 0. The minimum absolute atomic E-state index is 0.0637. The van der Waals surface area contributed by atoms with E-state index >= 15 is 0 Å². The highest BCUT2D eigenvalue weighted by atomic mass is 15.1. The zero-order chi connectivity index (χ0) is 32.6. The molecule has 1 aliphatic rings. The second-order valence-electron chi connectivity index (χ2n) is 14.4. The Balaban J connectivity index is 1.19. The molecule has 230 valence electrons. The third-order valence-corrected chi connectivity index (χ3v) is 10.1. The molecular weight excluding hydrogens is 579 g/mol. The Morgan fingerprint density at radius 2 is 0.979 bits per heavy atom. The van der Waals surface area contributed by atoms with Gasteiger partial charge in [0.2, 0.25) is 0 Å². The Bertz CT molecular complexity index is 2530. The normalized spacial score (nSPS) is 12.2. The molecule has 9 rings (SSSR count). The fourth-order valence-electron chi connectivity index (χ4n) is 7.72. The Kier molecular flexibility index (Phi) is 6.36. The highest BCUT2D eigenvalue weighted by molar-refractivity contribution is 6.12. The molecule has 0 atom stereocenters. The van der Waals surface area contributed by atoms with Crippen LogP contribution in [0.3, 0.4) is 0 Å². The Hall–Kier alpha value is -5.66. The first kappa shape index (κ1) is 28.6. The molecule has 0 N–H and O–H groups in total. The minimum atomic E-state index is -0.0637. The first-order chi connectivity index (χ1) is 23.3. The Morgan fingerprint density at radius 1 is 0.417 bits per heavy atom. The fraction of sp³-hybridized carbons (Fsp3) is 0.106. The SMILES string of the molecule is Cc1ccc(N(c2ccc3cc4c(cc3c2)-c2cc3cc(-c5ccccc5)ccc3cc2-4)c2ccc3ccccc3c2C(C)(C)C)cc1. The number of anilines is 3. The average Bonchev–Trinajstić information content (AvgIpc) is 3.10. The predicted octanol–water partition coefficient (Wildman–Crippen LogP) is 13.5. The van der Waals surface area contributed by atoms with Gasteiger partial charge < -0.3 is 4.90 Å². The minimum Gasteiger partial charge on any atom is -0.310 e. The van der Waals surface area contributed by atoms with E-state index in [0.717, 1.165) is 11.4 Å². The second kappa shape index (κ2) is 10.7. The van der Waals surface area contributed by atoms with Crippen LogP contribution in [-0.2, 0) is 5.41 Å². The van der Waals surface area contributed by atoms with E-state index in [0.29, 0.717) is 0 Å². The van der Waals surface area contributed by atoms with E-state index in [1.165, 1.54) is 82.5 Å². The number of fused-ring (bicyclic) bond motifs is 7. The molecule has 48 heavy (non-hydrogen) atoms. The van der Waals surface area contributed by atoms with Crippen molar-refractivity contribution >= 4 is 49.4 Å². The number of hydrogen-bond donors (Lipinski definition) is 0. The molecule has 8 aromatic rings. The number of benzene rings is 8. The summed E-state index contributed by atoms with van der Waals surface area (Å²) in [5.41, 5.74) is 14.0. The van der Waals surface area contributed by atoms with E-state index in [2.05, 4.69) is 184 Å². The molecule has 1 aliphatic carbocycles. The van der Waals surface area contributed by atoms with Gasteiger partial charge in [0.05, 0.1) is 5.69 Å². The smallest absolute Gasteiger partial charge is 0.0505 e. The van der Waals surface area contributed by atoms with Crippen LogP contribution >= 0.6 is 0 Å². The number of aryl methyl sites for hydroxylation is 1. The summed E-state index contributed by atoms with van der Waals surface area (Å²) < 4.78 is 0. The van der Waals surface area contributed by atoms with E-state index in [4.69, 9.17) is 0 Å². The van der Waals surface area contributed by atoms with Crippen molar-refractivity contribution in [3.05, 3.63) is 163 Å². The molecule has 0 heterocycles. The van der Waals surface area contributed by atoms with E-state index in [9.17, 15) is 0 Å². The van der Waals surface area contributed by atoms with Gasteiger partial charge in [-0.15, -0.1) is 0 Å². The highest BCUT2D eigenvalue weighted by Gasteiger charge is 2.27.